The number of hydrogen-bond acceptors (Lipinski definition) is 6. The van der Waals surface area contributed by atoms with Crippen LogP contribution in [0.4, 0.5) is 33.6 Å². The maximum absolute atomic E-state index is 12.5. The molecule has 0 saturated heterocycles. The van der Waals surface area contributed by atoms with E-state index in [-0.39, 0.29) is 0 Å². The van der Waals surface area contributed by atoms with Gasteiger partial charge in [-0.25, -0.2) is 9.78 Å². The Balaban J connectivity index is 1.98. The lowest BCUT2D eigenvalue weighted by Gasteiger charge is -2.26. The minimum absolute atomic E-state index is 0.350. The lowest BCUT2D eigenvalue weighted by atomic mass is 10.2. The van der Waals surface area contributed by atoms with Gasteiger partial charge in [0.2, 0.25) is 12.4 Å². The van der Waals surface area contributed by atoms with Gasteiger partial charge in [-0.05, 0) is 58.0 Å². The number of aromatic nitrogens is 2. The van der Waals surface area contributed by atoms with Crippen molar-refractivity contribution in [2.24, 2.45) is 0 Å². The Kier molecular flexibility index (Phi) is 7.63. The predicted molar refractivity (Wildman–Crippen MR) is 136 cm³/mol. The topological polar surface area (TPSA) is 87.7 Å². The molecule has 176 valence electrons. The zero-order valence-corrected chi connectivity index (χ0v) is 20.0. The highest BCUT2D eigenvalue weighted by Gasteiger charge is 2.22. The second-order valence-corrected chi connectivity index (χ2v) is 8.50. The van der Waals surface area contributed by atoms with Crippen LogP contribution in [-0.4, -0.2) is 35.1 Å². The van der Waals surface area contributed by atoms with E-state index in [4.69, 9.17) is 4.74 Å². The molecule has 0 saturated carbocycles. The fourth-order valence-electron chi connectivity index (χ4n) is 3.10. The number of hydrogen-bond donors (Lipinski definition) is 1. The summed E-state index contributed by atoms with van der Waals surface area (Å²) in [6, 6.07) is 16.6. The second-order valence-electron chi connectivity index (χ2n) is 8.50. The lowest BCUT2D eigenvalue weighted by molar-refractivity contribution is -0.106. The van der Waals surface area contributed by atoms with E-state index in [1.54, 1.807) is 37.5 Å². The largest absolute Gasteiger partial charge is 0.443 e. The van der Waals surface area contributed by atoms with Crippen LogP contribution in [0.15, 0.2) is 66.9 Å². The molecule has 8 heteroatoms. The van der Waals surface area contributed by atoms with E-state index in [9.17, 15) is 9.59 Å². The summed E-state index contributed by atoms with van der Waals surface area (Å²) in [4.78, 5) is 36.6. The van der Waals surface area contributed by atoms with Crippen LogP contribution < -0.4 is 15.1 Å². The fraction of sp³-hybridized carbons (Fsp3) is 0.231. The number of anilines is 5. The molecule has 8 nitrogen and oxygen atoms in total. The second kappa shape index (κ2) is 10.6. The van der Waals surface area contributed by atoms with Crippen LogP contribution in [0.25, 0.3) is 6.08 Å². The Morgan fingerprint density at radius 3 is 2.41 bits per heavy atom. The van der Waals surface area contributed by atoms with Gasteiger partial charge in [0.25, 0.3) is 0 Å². The van der Waals surface area contributed by atoms with Crippen LogP contribution in [0.1, 0.15) is 33.3 Å². The minimum Gasteiger partial charge on any atom is -0.443 e. The van der Waals surface area contributed by atoms with Crippen LogP contribution in [0, 0.1) is 0 Å². The van der Waals surface area contributed by atoms with E-state index in [2.05, 4.69) is 15.3 Å². The number of rotatable bonds is 7. The van der Waals surface area contributed by atoms with Gasteiger partial charge in [0.1, 0.15) is 5.60 Å². The Morgan fingerprint density at radius 2 is 1.76 bits per heavy atom. The molecule has 0 spiro atoms. The molecule has 3 aromatic rings. The zero-order chi connectivity index (χ0) is 24.7. The lowest BCUT2D eigenvalue weighted by Crippen LogP contribution is -2.34. The maximum atomic E-state index is 12.5. The zero-order valence-electron chi connectivity index (χ0n) is 20.0. The molecule has 3 rings (SSSR count). The smallest absolute Gasteiger partial charge is 0.414 e. The number of nitrogens with one attached hydrogen (secondary N) is 1. The van der Waals surface area contributed by atoms with Gasteiger partial charge in [-0.1, -0.05) is 36.4 Å². The first-order chi connectivity index (χ1) is 16.2. The van der Waals surface area contributed by atoms with Crippen molar-refractivity contribution in [3.05, 3.63) is 72.4 Å². The number of ether oxygens (including phenoxy) is 1. The van der Waals surface area contributed by atoms with Crippen molar-refractivity contribution in [3.63, 3.8) is 0 Å². The predicted octanol–water partition coefficient (Wildman–Crippen LogP) is 5.92. The summed E-state index contributed by atoms with van der Waals surface area (Å²) >= 11 is 0. The molecular formula is C26H29N5O3. The normalized spacial score (nSPS) is 11.2. The number of carbonyl (C=O) groups excluding carboxylic acids is 2. The van der Waals surface area contributed by atoms with Crippen molar-refractivity contribution < 1.29 is 14.3 Å². The molecule has 0 aliphatic heterocycles. The Morgan fingerprint density at radius 1 is 1.06 bits per heavy atom. The molecule has 1 N–H and O–H groups in total. The van der Waals surface area contributed by atoms with Gasteiger partial charge in [0, 0.05) is 30.2 Å². The SMILES string of the molecule is C/C=C\c1cnc(Nc2ccccc2)nc1N(C=O)c1cccc(N(C)C(=O)OC(C)(C)C)c1. The molecule has 0 fully saturated rings. The third-order valence-electron chi connectivity index (χ3n) is 4.67. The third-order valence-corrected chi connectivity index (χ3v) is 4.67. The van der Waals surface area contributed by atoms with E-state index < -0.39 is 11.7 Å². The van der Waals surface area contributed by atoms with Gasteiger partial charge in [0.15, 0.2) is 5.82 Å². The maximum Gasteiger partial charge on any atom is 0.414 e. The highest BCUT2D eigenvalue weighted by atomic mass is 16.6. The van der Waals surface area contributed by atoms with Crippen molar-refractivity contribution in [3.8, 4) is 0 Å². The quantitative estimate of drug-likeness (QED) is 0.441. The average molecular weight is 460 g/mol. The molecule has 2 aromatic carbocycles. The highest BCUT2D eigenvalue weighted by molar-refractivity contribution is 5.92. The summed E-state index contributed by atoms with van der Waals surface area (Å²) in [5.41, 5.74) is 1.98. The first-order valence-corrected chi connectivity index (χ1v) is 10.8. The van der Waals surface area contributed by atoms with E-state index in [0.29, 0.717) is 35.1 Å². The van der Waals surface area contributed by atoms with Crippen molar-refractivity contribution in [2.75, 3.05) is 22.2 Å². The van der Waals surface area contributed by atoms with E-state index >= 15 is 0 Å². The van der Waals surface area contributed by atoms with Crippen LogP contribution in [0.5, 0.6) is 0 Å². The van der Waals surface area contributed by atoms with Crippen LogP contribution in [0.2, 0.25) is 0 Å². The molecule has 2 amide bonds. The van der Waals surface area contributed by atoms with Gasteiger partial charge >= 0.3 is 6.09 Å². The summed E-state index contributed by atoms with van der Waals surface area (Å²) in [6.45, 7) is 7.30. The average Bonchev–Trinajstić information content (AvgIpc) is 2.80. The third kappa shape index (κ3) is 6.19. The number of benzene rings is 2. The standard InChI is InChI=1S/C26H29N5O3/c1-6-11-19-17-27-24(28-20-12-8-7-9-13-20)29-23(19)31(18-32)22-15-10-14-21(16-22)30(5)25(33)34-26(2,3)4/h6-18H,1-5H3,(H,27,28,29)/b11-6-. The summed E-state index contributed by atoms with van der Waals surface area (Å²) < 4.78 is 5.45. The van der Waals surface area contributed by atoms with Gasteiger partial charge in [0.05, 0.1) is 5.69 Å². The summed E-state index contributed by atoms with van der Waals surface area (Å²) in [6.07, 6.45) is 5.53. The molecule has 1 aromatic heterocycles. The Hall–Kier alpha value is -4.20. The highest BCUT2D eigenvalue weighted by Crippen LogP contribution is 2.30. The summed E-state index contributed by atoms with van der Waals surface area (Å²) in [5.74, 6) is 0.752. The van der Waals surface area contributed by atoms with Gasteiger partial charge in [-0.3, -0.25) is 14.6 Å². The van der Waals surface area contributed by atoms with E-state index in [1.807, 2.05) is 70.2 Å². The van der Waals surface area contributed by atoms with E-state index in [0.717, 1.165) is 5.69 Å². The Labute approximate surface area is 199 Å². The molecule has 1 heterocycles. The van der Waals surface area contributed by atoms with Gasteiger partial charge in [-0.2, -0.15) is 4.98 Å². The minimum atomic E-state index is -0.623. The number of allylic oxidation sites excluding steroid dienone is 1. The van der Waals surface area contributed by atoms with Crippen molar-refractivity contribution in [1.82, 2.24) is 9.97 Å². The number of carbonyl (C=O) groups is 2. The van der Waals surface area contributed by atoms with Crippen molar-refractivity contribution >= 4 is 47.4 Å². The molecule has 0 bridgehead atoms. The number of nitrogens with zero attached hydrogens (tertiary/aromatic N) is 4. The van der Waals surface area contributed by atoms with Crippen molar-refractivity contribution in [2.45, 2.75) is 33.3 Å². The van der Waals surface area contributed by atoms with Crippen LogP contribution >= 0.6 is 0 Å². The van der Waals surface area contributed by atoms with Gasteiger partial charge < -0.3 is 10.1 Å². The molecule has 34 heavy (non-hydrogen) atoms. The first-order valence-electron chi connectivity index (χ1n) is 10.8. The van der Waals surface area contributed by atoms with Crippen LogP contribution in [0.3, 0.4) is 0 Å². The van der Waals surface area contributed by atoms with Gasteiger partial charge in [-0.15, -0.1) is 0 Å². The molecular weight excluding hydrogens is 430 g/mol. The number of amides is 2. The molecule has 0 aliphatic carbocycles. The fourth-order valence-corrected chi connectivity index (χ4v) is 3.10. The van der Waals surface area contributed by atoms with Crippen LogP contribution in [-0.2, 0) is 9.53 Å². The molecule has 0 aliphatic rings. The number of para-hydroxylation sites is 1. The first kappa shape index (κ1) is 24.4. The Bertz CT molecular complexity index is 1170. The molecule has 0 atom stereocenters. The molecule has 0 radical (unpaired) electrons. The molecule has 0 unspecified atom stereocenters. The van der Waals surface area contributed by atoms with E-state index in [1.165, 1.54) is 9.80 Å². The summed E-state index contributed by atoms with van der Waals surface area (Å²) in [5, 5.41) is 3.15. The monoisotopic (exact) mass is 459 g/mol. The summed E-state index contributed by atoms with van der Waals surface area (Å²) in [7, 11) is 1.62. The van der Waals surface area contributed by atoms with Crippen molar-refractivity contribution in [1.29, 1.82) is 0 Å².